The van der Waals surface area contributed by atoms with Crippen LogP contribution in [0.5, 0.6) is 0 Å². The van der Waals surface area contributed by atoms with E-state index in [0.29, 0.717) is 10.8 Å². The maximum absolute atomic E-state index is 12.8. The molecule has 0 atom stereocenters. The van der Waals surface area contributed by atoms with Gasteiger partial charge in [0, 0.05) is 13.0 Å². The third-order valence-electron chi connectivity index (χ3n) is 2.46. The first-order valence-electron chi connectivity index (χ1n) is 5.91. The number of rotatable bonds is 8. The van der Waals surface area contributed by atoms with Gasteiger partial charge < -0.3 is 15.4 Å². The van der Waals surface area contributed by atoms with Crippen molar-refractivity contribution in [1.82, 2.24) is 15.3 Å². The van der Waals surface area contributed by atoms with Gasteiger partial charge in [-0.15, -0.1) is 0 Å². The molecule has 0 radical (unpaired) electrons. The van der Waals surface area contributed by atoms with Crippen molar-refractivity contribution in [2.45, 2.75) is 38.7 Å². The fraction of sp³-hybridized carbons (Fsp3) is 0.727. The lowest BCUT2D eigenvalue weighted by Crippen LogP contribution is -2.35. The maximum atomic E-state index is 12.8. The Morgan fingerprint density at radius 1 is 1.50 bits per heavy atom. The van der Waals surface area contributed by atoms with Crippen LogP contribution in [0, 0.1) is 0 Å². The molecule has 1 aromatic rings. The van der Waals surface area contributed by atoms with Gasteiger partial charge in [-0.25, -0.2) is 13.8 Å². The Morgan fingerprint density at radius 3 is 2.83 bits per heavy atom. The van der Waals surface area contributed by atoms with Gasteiger partial charge in [0.15, 0.2) is 5.15 Å². The third kappa shape index (κ3) is 4.88. The number of aromatic amines is 1. The second-order valence-electron chi connectivity index (χ2n) is 4.17. The molecule has 104 valence electrons. The number of hydrogen-bond donors (Lipinski definition) is 3. The Hall–Kier alpha value is -0.720. The molecule has 0 saturated carbocycles. The second kappa shape index (κ2) is 7.01. The van der Waals surface area contributed by atoms with E-state index in [9.17, 15) is 8.78 Å². The highest BCUT2D eigenvalue weighted by Gasteiger charge is 2.27. The van der Waals surface area contributed by atoms with E-state index in [1.54, 1.807) is 0 Å². The molecule has 0 saturated heterocycles. The van der Waals surface area contributed by atoms with Crippen molar-refractivity contribution < 1.29 is 13.9 Å². The number of imidazole rings is 1. The van der Waals surface area contributed by atoms with Crippen molar-refractivity contribution >= 4 is 11.6 Å². The van der Waals surface area contributed by atoms with Crippen LogP contribution < -0.4 is 5.32 Å². The summed E-state index contributed by atoms with van der Waals surface area (Å²) in [5.74, 6) is -2.34. The molecule has 0 aliphatic carbocycles. The number of aromatic nitrogens is 2. The van der Waals surface area contributed by atoms with E-state index in [1.165, 1.54) is 0 Å². The number of nitrogens with one attached hydrogen (secondary N) is 2. The van der Waals surface area contributed by atoms with Crippen LogP contribution in [0.3, 0.4) is 0 Å². The number of aliphatic hydroxyl groups excluding tert-OH is 1. The molecule has 1 aromatic heterocycles. The standard InChI is InChI=1S/C11H18ClF2N3O/c1-2-3-4-9-16-8(10(12)17-9)5-15-6-11(13,14)7-18/h15,18H,2-7H2,1H3,(H,16,17). The summed E-state index contributed by atoms with van der Waals surface area (Å²) in [5, 5.41) is 11.3. The normalized spacial score (nSPS) is 12.1. The van der Waals surface area contributed by atoms with Gasteiger partial charge in [-0.05, 0) is 6.42 Å². The highest BCUT2D eigenvalue weighted by molar-refractivity contribution is 6.30. The summed E-state index contributed by atoms with van der Waals surface area (Å²) in [6.07, 6.45) is 2.84. The van der Waals surface area contributed by atoms with Crippen LogP contribution in [-0.4, -0.2) is 34.1 Å². The Balaban J connectivity index is 2.44. The van der Waals surface area contributed by atoms with E-state index >= 15 is 0 Å². The van der Waals surface area contributed by atoms with Crippen LogP contribution in [-0.2, 0) is 13.0 Å². The number of halogens is 3. The molecular formula is C11H18ClF2N3O. The van der Waals surface area contributed by atoms with Crippen LogP contribution in [0.15, 0.2) is 0 Å². The topological polar surface area (TPSA) is 60.9 Å². The summed E-state index contributed by atoms with van der Waals surface area (Å²) in [4.78, 5) is 7.12. The molecule has 0 bridgehead atoms. The summed E-state index contributed by atoms with van der Waals surface area (Å²) >= 11 is 5.89. The number of H-pyrrole nitrogens is 1. The highest BCUT2D eigenvalue weighted by Crippen LogP contribution is 2.15. The minimum Gasteiger partial charge on any atom is -0.390 e. The predicted octanol–water partition coefficient (Wildman–Crippen LogP) is 2.12. The van der Waals surface area contributed by atoms with Gasteiger partial charge in [0.1, 0.15) is 12.4 Å². The number of unbranched alkanes of at least 4 members (excludes halogenated alkanes) is 1. The van der Waals surface area contributed by atoms with E-state index in [2.05, 4.69) is 22.2 Å². The van der Waals surface area contributed by atoms with Crippen LogP contribution >= 0.6 is 11.6 Å². The zero-order valence-electron chi connectivity index (χ0n) is 10.3. The molecule has 4 nitrogen and oxygen atoms in total. The molecule has 7 heteroatoms. The molecule has 3 N–H and O–H groups in total. The van der Waals surface area contributed by atoms with Crippen molar-refractivity contribution in [2.24, 2.45) is 0 Å². The van der Waals surface area contributed by atoms with Gasteiger partial charge in [-0.3, -0.25) is 0 Å². The Bertz CT molecular complexity index is 371. The highest BCUT2D eigenvalue weighted by atomic mass is 35.5. The quantitative estimate of drug-likeness (QED) is 0.684. The van der Waals surface area contributed by atoms with Crippen LogP contribution in [0.1, 0.15) is 31.3 Å². The summed E-state index contributed by atoms with van der Waals surface area (Å²) < 4.78 is 25.5. The minimum absolute atomic E-state index is 0.174. The zero-order valence-corrected chi connectivity index (χ0v) is 11.0. The van der Waals surface area contributed by atoms with Crippen molar-refractivity contribution in [3.63, 3.8) is 0 Å². The first-order valence-corrected chi connectivity index (χ1v) is 6.29. The summed E-state index contributed by atoms with van der Waals surface area (Å²) in [5.41, 5.74) is 0.594. The molecule has 0 aliphatic heterocycles. The predicted molar refractivity (Wildman–Crippen MR) is 65.9 cm³/mol. The lowest BCUT2D eigenvalue weighted by atomic mass is 10.2. The molecule has 0 fully saturated rings. The lowest BCUT2D eigenvalue weighted by Gasteiger charge is -2.13. The third-order valence-corrected chi connectivity index (χ3v) is 2.77. The molecule has 0 amide bonds. The molecule has 0 aliphatic rings. The van der Waals surface area contributed by atoms with E-state index in [0.717, 1.165) is 25.1 Å². The van der Waals surface area contributed by atoms with Gasteiger partial charge in [-0.1, -0.05) is 24.9 Å². The van der Waals surface area contributed by atoms with E-state index < -0.39 is 19.1 Å². The van der Waals surface area contributed by atoms with Crippen molar-refractivity contribution in [3.05, 3.63) is 16.7 Å². The molecule has 18 heavy (non-hydrogen) atoms. The van der Waals surface area contributed by atoms with Crippen molar-refractivity contribution in [2.75, 3.05) is 13.2 Å². The molecule has 0 spiro atoms. The van der Waals surface area contributed by atoms with Crippen molar-refractivity contribution in [1.29, 1.82) is 0 Å². The number of nitrogens with zero attached hydrogens (tertiary/aromatic N) is 1. The van der Waals surface area contributed by atoms with Crippen LogP contribution in [0.2, 0.25) is 5.15 Å². The average molecular weight is 282 g/mol. The SMILES string of the molecule is CCCCc1nc(Cl)c(CNCC(F)(F)CO)[nH]1. The minimum atomic E-state index is -3.11. The Morgan fingerprint density at radius 2 is 2.22 bits per heavy atom. The van der Waals surface area contributed by atoms with Gasteiger partial charge >= 0.3 is 0 Å². The molecular weight excluding hydrogens is 264 g/mol. The number of alkyl halides is 2. The van der Waals surface area contributed by atoms with Crippen LogP contribution in [0.25, 0.3) is 0 Å². The fourth-order valence-corrected chi connectivity index (χ4v) is 1.66. The Kier molecular flexibility index (Phi) is 5.98. The van der Waals surface area contributed by atoms with Gasteiger partial charge in [0.2, 0.25) is 0 Å². The van der Waals surface area contributed by atoms with Crippen LogP contribution in [0.4, 0.5) is 8.78 Å². The maximum Gasteiger partial charge on any atom is 0.282 e. The number of aliphatic hydroxyl groups is 1. The van der Waals surface area contributed by atoms with Gasteiger partial charge in [0.05, 0.1) is 12.2 Å². The van der Waals surface area contributed by atoms with E-state index in [-0.39, 0.29) is 6.54 Å². The largest absolute Gasteiger partial charge is 0.390 e. The van der Waals surface area contributed by atoms with Crippen molar-refractivity contribution in [3.8, 4) is 0 Å². The van der Waals surface area contributed by atoms with Gasteiger partial charge in [0.25, 0.3) is 5.92 Å². The fourth-order valence-electron chi connectivity index (χ4n) is 1.45. The summed E-state index contributed by atoms with van der Waals surface area (Å²) in [6, 6.07) is 0. The molecule has 0 unspecified atom stereocenters. The summed E-state index contributed by atoms with van der Waals surface area (Å²) in [6.45, 7) is 0.485. The number of hydrogen-bond acceptors (Lipinski definition) is 3. The lowest BCUT2D eigenvalue weighted by molar-refractivity contribution is -0.0478. The second-order valence-corrected chi connectivity index (χ2v) is 4.53. The molecule has 0 aromatic carbocycles. The zero-order chi connectivity index (χ0) is 13.6. The smallest absolute Gasteiger partial charge is 0.282 e. The van der Waals surface area contributed by atoms with Gasteiger partial charge in [-0.2, -0.15) is 0 Å². The number of aryl methyl sites for hydroxylation is 1. The van der Waals surface area contributed by atoms with E-state index in [1.807, 2.05) is 0 Å². The average Bonchev–Trinajstić information content (AvgIpc) is 2.67. The van der Waals surface area contributed by atoms with E-state index in [4.69, 9.17) is 16.7 Å². The molecule has 1 rings (SSSR count). The first kappa shape index (κ1) is 15.3. The molecule has 1 heterocycles. The monoisotopic (exact) mass is 281 g/mol. The Labute approximate surface area is 110 Å². The first-order chi connectivity index (χ1) is 8.48. The summed E-state index contributed by atoms with van der Waals surface area (Å²) in [7, 11) is 0.